The molecule has 0 unspecified atom stereocenters. The minimum absolute atomic E-state index is 0.309. The minimum atomic E-state index is 0.309. The number of aryl methyl sites for hydroxylation is 2. The van der Waals surface area contributed by atoms with Gasteiger partial charge in [-0.3, -0.25) is 4.79 Å². The average molecular weight is 316 g/mol. The molecule has 0 aromatic carbocycles. The van der Waals surface area contributed by atoms with Crippen LogP contribution < -0.4 is 4.90 Å². The van der Waals surface area contributed by atoms with Crippen molar-refractivity contribution in [3.05, 3.63) is 17.5 Å². The highest BCUT2D eigenvalue weighted by atomic mass is 16.2. The first kappa shape index (κ1) is 16.2. The molecule has 0 radical (unpaired) electrons. The third kappa shape index (κ3) is 3.82. The third-order valence-electron chi connectivity index (χ3n) is 5.23. The zero-order valence-electron chi connectivity index (χ0n) is 14.6. The molecule has 5 heteroatoms. The third-order valence-corrected chi connectivity index (χ3v) is 5.23. The number of piperidine rings is 1. The first-order valence-electron chi connectivity index (χ1n) is 8.85. The van der Waals surface area contributed by atoms with Crippen LogP contribution in [0.15, 0.2) is 6.07 Å². The van der Waals surface area contributed by atoms with E-state index in [-0.39, 0.29) is 0 Å². The smallest absolute Gasteiger partial charge is 0.225 e. The SMILES string of the molecule is Cc1cc(C)nc(N2CCC(CN(C)C(=O)C3CCC3)CC2)n1. The van der Waals surface area contributed by atoms with Crippen molar-refractivity contribution in [2.24, 2.45) is 11.8 Å². The van der Waals surface area contributed by atoms with Gasteiger partial charge in [0.1, 0.15) is 0 Å². The maximum atomic E-state index is 12.3. The van der Waals surface area contributed by atoms with Crippen LogP contribution >= 0.6 is 0 Å². The lowest BCUT2D eigenvalue weighted by Gasteiger charge is -2.36. The second kappa shape index (κ2) is 6.85. The Bertz CT molecular complexity index is 542. The lowest BCUT2D eigenvalue weighted by molar-refractivity contribution is -0.137. The molecule has 23 heavy (non-hydrogen) atoms. The number of carbonyl (C=O) groups excluding carboxylic acids is 1. The number of rotatable bonds is 4. The van der Waals surface area contributed by atoms with E-state index in [2.05, 4.69) is 14.9 Å². The summed E-state index contributed by atoms with van der Waals surface area (Å²) in [5.74, 6) is 2.13. The number of anilines is 1. The normalized spacial score (nSPS) is 19.5. The fraction of sp³-hybridized carbons (Fsp3) is 0.722. The number of amides is 1. The van der Waals surface area contributed by atoms with Crippen molar-refractivity contribution in [2.75, 3.05) is 31.6 Å². The quantitative estimate of drug-likeness (QED) is 0.856. The van der Waals surface area contributed by atoms with Gasteiger partial charge in [0.05, 0.1) is 0 Å². The van der Waals surface area contributed by atoms with Gasteiger partial charge in [-0.25, -0.2) is 9.97 Å². The predicted molar refractivity (Wildman–Crippen MR) is 91.4 cm³/mol. The fourth-order valence-electron chi connectivity index (χ4n) is 3.61. The van der Waals surface area contributed by atoms with Crippen molar-refractivity contribution in [1.29, 1.82) is 0 Å². The van der Waals surface area contributed by atoms with Crippen molar-refractivity contribution in [3.63, 3.8) is 0 Å². The van der Waals surface area contributed by atoms with E-state index in [1.807, 2.05) is 31.9 Å². The molecule has 0 bridgehead atoms. The number of hydrogen-bond acceptors (Lipinski definition) is 4. The molecule has 126 valence electrons. The van der Waals surface area contributed by atoms with Gasteiger partial charge in [0, 0.05) is 44.0 Å². The van der Waals surface area contributed by atoms with E-state index in [9.17, 15) is 4.79 Å². The van der Waals surface area contributed by atoms with Crippen LogP contribution in [-0.2, 0) is 4.79 Å². The van der Waals surface area contributed by atoms with Gasteiger partial charge >= 0.3 is 0 Å². The zero-order chi connectivity index (χ0) is 16.4. The molecule has 1 amide bonds. The zero-order valence-corrected chi connectivity index (χ0v) is 14.6. The van der Waals surface area contributed by atoms with Gasteiger partial charge in [0.2, 0.25) is 11.9 Å². The Morgan fingerprint density at radius 2 is 1.78 bits per heavy atom. The molecule has 0 spiro atoms. The minimum Gasteiger partial charge on any atom is -0.345 e. The van der Waals surface area contributed by atoms with E-state index < -0.39 is 0 Å². The number of hydrogen-bond donors (Lipinski definition) is 0. The van der Waals surface area contributed by atoms with Crippen LogP contribution in [0.25, 0.3) is 0 Å². The van der Waals surface area contributed by atoms with Crippen LogP contribution in [0.5, 0.6) is 0 Å². The molecule has 2 heterocycles. The molecule has 3 rings (SSSR count). The molecule has 1 aliphatic carbocycles. The second-order valence-corrected chi connectivity index (χ2v) is 7.23. The van der Waals surface area contributed by atoms with Crippen LogP contribution in [0.3, 0.4) is 0 Å². The van der Waals surface area contributed by atoms with Gasteiger partial charge in [0.15, 0.2) is 0 Å². The van der Waals surface area contributed by atoms with Crippen molar-refractivity contribution >= 4 is 11.9 Å². The van der Waals surface area contributed by atoms with Crippen LogP contribution in [0.4, 0.5) is 5.95 Å². The van der Waals surface area contributed by atoms with Crippen LogP contribution in [-0.4, -0.2) is 47.5 Å². The molecule has 1 aromatic rings. The van der Waals surface area contributed by atoms with Gasteiger partial charge < -0.3 is 9.80 Å². The maximum absolute atomic E-state index is 12.3. The van der Waals surface area contributed by atoms with E-state index in [0.717, 1.165) is 62.7 Å². The Labute approximate surface area is 139 Å². The molecule has 5 nitrogen and oxygen atoms in total. The Kier molecular flexibility index (Phi) is 4.83. The Morgan fingerprint density at radius 1 is 1.17 bits per heavy atom. The molecule has 1 aliphatic heterocycles. The van der Waals surface area contributed by atoms with Gasteiger partial charge in [-0.05, 0) is 51.5 Å². The van der Waals surface area contributed by atoms with Gasteiger partial charge in [-0.1, -0.05) is 6.42 Å². The number of aromatic nitrogens is 2. The summed E-state index contributed by atoms with van der Waals surface area (Å²) in [7, 11) is 1.97. The van der Waals surface area contributed by atoms with Gasteiger partial charge in [-0.15, -0.1) is 0 Å². The molecular formula is C18H28N4O. The summed E-state index contributed by atoms with van der Waals surface area (Å²) in [6, 6.07) is 2.01. The van der Waals surface area contributed by atoms with Crippen molar-refractivity contribution in [3.8, 4) is 0 Å². The monoisotopic (exact) mass is 316 g/mol. The molecule has 2 fully saturated rings. The van der Waals surface area contributed by atoms with Gasteiger partial charge in [0.25, 0.3) is 0 Å². The van der Waals surface area contributed by atoms with E-state index >= 15 is 0 Å². The lowest BCUT2D eigenvalue weighted by atomic mass is 9.84. The largest absolute Gasteiger partial charge is 0.345 e. The molecule has 1 aromatic heterocycles. The standard InChI is InChI=1S/C18H28N4O/c1-13-11-14(2)20-18(19-13)22-9-7-15(8-10-22)12-21(3)17(23)16-5-4-6-16/h11,15-16H,4-10,12H2,1-3H3. The van der Waals surface area contributed by atoms with Crippen LogP contribution in [0.2, 0.25) is 0 Å². The lowest BCUT2D eigenvalue weighted by Crippen LogP contribution is -2.42. The summed E-state index contributed by atoms with van der Waals surface area (Å²) in [4.78, 5) is 25.6. The van der Waals surface area contributed by atoms with E-state index in [4.69, 9.17) is 0 Å². The summed E-state index contributed by atoms with van der Waals surface area (Å²) in [6.45, 7) is 6.91. The molecule has 1 saturated heterocycles. The second-order valence-electron chi connectivity index (χ2n) is 7.23. The van der Waals surface area contributed by atoms with Crippen LogP contribution in [0, 0.1) is 25.7 Å². The highest BCUT2D eigenvalue weighted by Crippen LogP contribution is 2.29. The first-order valence-corrected chi connectivity index (χ1v) is 8.85. The van der Waals surface area contributed by atoms with Crippen LogP contribution in [0.1, 0.15) is 43.5 Å². The van der Waals surface area contributed by atoms with E-state index in [1.165, 1.54) is 6.42 Å². The fourth-order valence-corrected chi connectivity index (χ4v) is 3.61. The summed E-state index contributed by atoms with van der Waals surface area (Å²) in [5, 5.41) is 0. The van der Waals surface area contributed by atoms with E-state index in [1.54, 1.807) is 0 Å². The van der Waals surface area contributed by atoms with Crippen molar-refractivity contribution < 1.29 is 4.79 Å². The molecule has 0 atom stereocenters. The molecule has 1 saturated carbocycles. The summed E-state index contributed by atoms with van der Waals surface area (Å²) >= 11 is 0. The maximum Gasteiger partial charge on any atom is 0.225 e. The molecular weight excluding hydrogens is 288 g/mol. The Balaban J connectivity index is 1.50. The first-order chi connectivity index (χ1) is 11.0. The predicted octanol–water partition coefficient (Wildman–Crippen LogP) is 2.57. The highest BCUT2D eigenvalue weighted by molar-refractivity contribution is 5.79. The molecule has 0 N–H and O–H groups in total. The Morgan fingerprint density at radius 3 is 2.30 bits per heavy atom. The summed E-state index contributed by atoms with van der Waals surface area (Å²) in [5.41, 5.74) is 2.06. The topological polar surface area (TPSA) is 49.3 Å². The number of nitrogens with zero attached hydrogens (tertiary/aromatic N) is 4. The van der Waals surface area contributed by atoms with Gasteiger partial charge in [-0.2, -0.15) is 0 Å². The van der Waals surface area contributed by atoms with Crippen molar-refractivity contribution in [1.82, 2.24) is 14.9 Å². The Hall–Kier alpha value is -1.65. The number of carbonyl (C=O) groups is 1. The summed E-state index contributed by atoms with van der Waals surface area (Å²) in [6.07, 6.45) is 5.62. The average Bonchev–Trinajstić information content (AvgIpc) is 2.45. The van der Waals surface area contributed by atoms with Crippen molar-refractivity contribution in [2.45, 2.75) is 46.0 Å². The molecule has 2 aliphatic rings. The highest BCUT2D eigenvalue weighted by Gasteiger charge is 2.30. The summed E-state index contributed by atoms with van der Waals surface area (Å²) < 4.78 is 0. The van der Waals surface area contributed by atoms with E-state index in [0.29, 0.717) is 17.7 Å².